The van der Waals surface area contributed by atoms with Gasteiger partial charge >= 0.3 is 0 Å². The highest BCUT2D eigenvalue weighted by atomic mass is 15.2. The molecule has 0 aliphatic heterocycles. The Kier molecular flexibility index (Phi) is 5.29. The third kappa shape index (κ3) is 3.98. The fourth-order valence-electron chi connectivity index (χ4n) is 1.61. The van der Waals surface area contributed by atoms with Crippen LogP contribution in [0.25, 0.3) is 0 Å². The molecule has 0 saturated carbocycles. The zero-order chi connectivity index (χ0) is 11.1. The molecule has 0 amide bonds. The molecule has 0 aromatic carbocycles. The quantitative estimate of drug-likeness (QED) is 0.771. The lowest BCUT2D eigenvalue weighted by Crippen LogP contribution is -2.36. The van der Waals surface area contributed by atoms with Crippen LogP contribution in [-0.2, 0) is 6.54 Å². The van der Waals surface area contributed by atoms with Gasteiger partial charge in [-0.25, -0.2) is 0 Å². The second kappa shape index (κ2) is 6.53. The van der Waals surface area contributed by atoms with E-state index in [-0.39, 0.29) is 0 Å². The van der Waals surface area contributed by atoms with Crippen molar-refractivity contribution in [2.24, 2.45) is 5.73 Å². The average molecular weight is 207 g/mol. The number of hydrogen-bond donors (Lipinski definition) is 1. The average Bonchev–Trinajstić information content (AvgIpc) is 2.29. The number of aromatic nitrogens is 1. The van der Waals surface area contributed by atoms with Gasteiger partial charge in [-0.1, -0.05) is 13.0 Å². The SMILES string of the molecule is CCC(C)N(CCN)Cc1cccnc1. The van der Waals surface area contributed by atoms with E-state index in [1.165, 1.54) is 5.56 Å². The lowest BCUT2D eigenvalue weighted by molar-refractivity contribution is 0.201. The van der Waals surface area contributed by atoms with Gasteiger partial charge in [-0.3, -0.25) is 9.88 Å². The van der Waals surface area contributed by atoms with E-state index in [2.05, 4.69) is 29.8 Å². The zero-order valence-corrected chi connectivity index (χ0v) is 9.69. The Morgan fingerprint density at radius 2 is 2.33 bits per heavy atom. The van der Waals surface area contributed by atoms with Gasteiger partial charge in [0.25, 0.3) is 0 Å². The summed E-state index contributed by atoms with van der Waals surface area (Å²) in [5, 5.41) is 0. The maximum atomic E-state index is 5.62. The maximum Gasteiger partial charge on any atom is 0.0312 e. The van der Waals surface area contributed by atoms with E-state index in [0.29, 0.717) is 12.6 Å². The molecule has 0 spiro atoms. The molecule has 3 nitrogen and oxygen atoms in total. The molecular weight excluding hydrogens is 186 g/mol. The fraction of sp³-hybridized carbons (Fsp3) is 0.583. The molecule has 0 aliphatic carbocycles. The van der Waals surface area contributed by atoms with Crippen molar-refractivity contribution in [3.63, 3.8) is 0 Å². The number of pyridine rings is 1. The van der Waals surface area contributed by atoms with E-state index in [0.717, 1.165) is 19.5 Å². The number of rotatable bonds is 6. The van der Waals surface area contributed by atoms with Gasteiger partial charge in [0.2, 0.25) is 0 Å². The standard InChI is InChI=1S/C12H21N3/c1-3-11(2)15(8-6-13)10-12-5-4-7-14-9-12/h4-5,7,9,11H,3,6,8,10,13H2,1-2H3. The molecule has 1 rings (SSSR count). The van der Waals surface area contributed by atoms with E-state index in [9.17, 15) is 0 Å². The molecule has 2 N–H and O–H groups in total. The molecule has 0 bridgehead atoms. The summed E-state index contributed by atoms with van der Waals surface area (Å²) in [7, 11) is 0. The number of hydrogen-bond acceptors (Lipinski definition) is 3. The van der Waals surface area contributed by atoms with Gasteiger partial charge in [-0.2, -0.15) is 0 Å². The van der Waals surface area contributed by atoms with Gasteiger partial charge in [0.05, 0.1) is 0 Å². The third-order valence-corrected chi connectivity index (χ3v) is 2.74. The highest BCUT2D eigenvalue weighted by Crippen LogP contribution is 2.08. The minimum Gasteiger partial charge on any atom is -0.329 e. The molecule has 1 unspecified atom stereocenters. The number of nitrogens with zero attached hydrogens (tertiary/aromatic N) is 2. The Balaban J connectivity index is 2.58. The second-order valence-corrected chi connectivity index (χ2v) is 3.88. The third-order valence-electron chi connectivity index (χ3n) is 2.74. The monoisotopic (exact) mass is 207 g/mol. The molecule has 1 aromatic rings. The van der Waals surface area contributed by atoms with Crippen LogP contribution >= 0.6 is 0 Å². The molecule has 0 aliphatic rings. The van der Waals surface area contributed by atoms with Crippen molar-refractivity contribution in [2.75, 3.05) is 13.1 Å². The molecule has 0 radical (unpaired) electrons. The minimum atomic E-state index is 0.578. The zero-order valence-electron chi connectivity index (χ0n) is 9.69. The van der Waals surface area contributed by atoms with Crippen molar-refractivity contribution in [3.05, 3.63) is 30.1 Å². The summed E-state index contributed by atoms with van der Waals surface area (Å²) in [5.74, 6) is 0. The largest absolute Gasteiger partial charge is 0.329 e. The summed E-state index contributed by atoms with van der Waals surface area (Å²) in [6.07, 6.45) is 4.88. The summed E-state index contributed by atoms with van der Waals surface area (Å²) < 4.78 is 0. The van der Waals surface area contributed by atoms with E-state index in [4.69, 9.17) is 5.73 Å². The molecule has 1 aromatic heterocycles. The lowest BCUT2D eigenvalue weighted by Gasteiger charge is -2.27. The molecule has 1 atom stereocenters. The fourth-order valence-corrected chi connectivity index (χ4v) is 1.61. The van der Waals surface area contributed by atoms with Crippen LogP contribution in [0, 0.1) is 0 Å². The Morgan fingerprint density at radius 3 is 2.87 bits per heavy atom. The molecular formula is C12H21N3. The lowest BCUT2D eigenvalue weighted by atomic mass is 10.2. The van der Waals surface area contributed by atoms with Crippen molar-refractivity contribution >= 4 is 0 Å². The van der Waals surface area contributed by atoms with Gasteiger partial charge < -0.3 is 5.73 Å². The van der Waals surface area contributed by atoms with Gasteiger partial charge in [0.1, 0.15) is 0 Å². The summed E-state index contributed by atoms with van der Waals surface area (Å²) in [5.41, 5.74) is 6.87. The van der Waals surface area contributed by atoms with Crippen LogP contribution in [-0.4, -0.2) is 29.0 Å². The van der Waals surface area contributed by atoms with E-state index < -0.39 is 0 Å². The minimum absolute atomic E-state index is 0.578. The normalized spacial score (nSPS) is 13.1. The van der Waals surface area contributed by atoms with Crippen LogP contribution < -0.4 is 5.73 Å². The Labute approximate surface area is 92.3 Å². The first-order chi connectivity index (χ1) is 7.27. The summed E-state index contributed by atoms with van der Waals surface area (Å²) in [6, 6.07) is 4.67. The highest BCUT2D eigenvalue weighted by Gasteiger charge is 2.11. The molecule has 0 fully saturated rings. The van der Waals surface area contributed by atoms with Crippen molar-refractivity contribution < 1.29 is 0 Å². The number of nitrogens with two attached hydrogens (primary N) is 1. The molecule has 0 saturated heterocycles. The van der Waals surface area contributed by atoms with Crippen molar-refractivity contribution in [3.8, 4) is 0 Å². The summed E-state index contributed by atoms with van der Waals surface area (Å²) in [6.45, 7) is 7.05. The highest BCUT2D eigenvalue weighted by molar-refractivity contribution is 5.08. The predicted octanol–water partition coefficient (Wildman–Crippen LogP) is 1.64. The first kappa shape index (κ1) is 12.1. The van der Waals surface area contributed by atoms with Crippen LogP contribution in [0.5, 0.6) is 0 Å². The molecule has 15 heavy (non-hydrogen) atoms. The maximum absolute atomic E-state index is 5.62. The van der Waals surface area contributed by atoms with Gasteiger partial charge in [0, 0.05) is 38.1 Å². The van der Waals surface area contributed by atoms with Crippen LogP contribution in [0.4, 0.5) is 0 Å². The van der Waals surface area contributed by atoms with Gasteiger partial charge in [-0.15, -0.1) is 0 Å². The van der Waals surface area contributed by atoms with Crippen LogP contribution in [0.15, 0.2) is 24.5 Å². The predicted molar refractivity (Wildman–Crippen MR) is 63.5 cm³/mol. The Bertz CT molecular complexity index is 261. The van der Waals surface area contributed by atoms with Crippen molar-refractivity contribution in [2.45, 2.75) is 32.9 Å². The summed E-state index contributed by atoms with van der Waals surface area (Å²) in [4.78, 5) is 6.52. The van der Waals surface area contributed by atoms with Gasteiger partial charge in [-0.05, 0) is 25.0 Å². The van der Waals surface area contributed by atoms with Crippen LogP contribution in [0.2, 0.25) is 0 Å². The van der Waals surface area contributed by atoms with E-state index in [1.807, 2.05) is 12.3 Å². The van der Waals surface area contributed by atoms with Crippen molar-refractivity contribution in [1.29, 1.82) is 0 Å². The molecule has 1 heterocycles. The first-order valence-electron chi connectivity index (χ1n) is 5.61. The van der Waals surface area contributed by atoms with Gasteiger partial charge in [0.15, 0.2) is 0 Å². The van der Waals surface area contributed by atoms with Crippen molar-refractivity contribution in [1.82, 2.24) is 9.88 Å². The van der Waals surface area contributed by atoms with Crippen LogP contribution in [0.3, 0.4) is 0 Å². The summed E-state index contributed by atoms with van der Waals surface area (Å²) >= 11 is 0. The second-order valence-electron chi connectivity index (χ2n) is 3.88. The first-order valence-corrected chi connectivity index (χ1v) is 5.61. The Morgan fingerprint density at radius 1 is 1.53 bits per heavy atom. The molecule has 84 valence electrons. The molecule has 3 heteroatoms. The van der Waals surface area contributed by atoms with Crippen LogP contribution in [0.1, 0.15) is 25.8 Å². The Hall–Kier alpha value is -0.930. The van der Waals surface area contributed by atoms with E-state index in [1.54, 1.807) is 6.20 Å². The van der Waals surface area contributed by atoms with E-state index >= 15 is 0 Å². The smallest absolute Gasteiger partial charge is 0.0312 e. The topological polar surface area (TPSA) is 42.1 Å².